The lowest BCUT2D eigenvalue weighted by Crippen LogP contribution is -2.39. The smallest absolute Gasteiger partial charge is 0.416 e. The Hall–Kier alpha value is -1.62. The zero-order valence-corrected chi connectivity index (χ0v) is 15.7. The number of carbonyl (C=O) groups excluding carboxylic acids is 1. The van der Waals surface area contributed by atoms with Gasteiger partial charge in [-0.15, -0.1) is 0 Å². The number of amides is 1. The summed E-state index contributed by atoms with van der Waals surface area (Å²) in [5.74, 6) is 0.743. The van der Waals surface area contributed by atoms with E-state index in [2.05, 4.69) is 29.9 Å². The molecule has 1 unspecified atom stereocenters. The topological polar surface area (TPSA) is 45.7 Å². The molecule has 1 aromatic heterocycles. The minimum absolute atomic E-state index is 0.309. The Kier molecular flexibility index (Phi) is 6.21. The molecule has 0 aromatic carbocycles. The average molecular weight is 333 g/mol. The standard InChI is InChI=1S/C19H31N3O2/c1-6-13-22(18(23)24-19(2,3)4)17-15(10-9-12-20-17)16-11-7-8-14-21(16)5/h9-10,12,16H,6-8,11,13-14H2,1-5H3. The molecule has 1 aliphatic rings. The van der Waals surface area contributed by atoms with Crippen LogP contribution in [0.2, 0.25) is 0 Å². The number of hydrogen-bond acceptors (Lipinski definition) is 4. The number of hydrogen-bond donors (Lipinski definition) is 0. The monoisotopic (exact) mass is 333 g/mol. The first-order valence-electron chi connectivity index (χ1n) is 8.99. The fourth-order valence-corrected chi connectivity index (χ4v) is 3.19. The molecule has 0 aliphatic carbocycles. The predicted molar refractivity (Wildman–Crippen MR) is 97.3 cm³/mol. The lowest BCUT2D eigenvalue weighted by Gasteiger charge is -2.35. The quantitative estimate of drug-likeness (QED) is 0.820. The first-order valence-corrected chi connectivity index (χ1v) is 8.99. The number of pyridine rings is 1. The fraction of sp³-hybridized carbons (Fsp3) is 0.684. The van der Waals surface area contributed by atoms with E-state index in [9.17, 15) is 4.79 Å². The van der Waals surface area contributed by atoms with Crippen molar-refractivity contribution < 1.29 is 9.53 Å². The Balaban J connectivity index is 2.34. The minimum atomic E-state index is -0.514. The largest absolute Gasteiger partial charge is 0.443 e. The molecule has 1 saturated heterocycles. The van der Waals surface area contributed by atoms with Gasteiger partial charge in [-0.2, -0.15) is 0 Å². The summed E-state index contributed by atoms with van der Waals surface area (Å²) >= 11 is 0. The summed E-state index contributed by atoms with van der Waals surface area (Å²) < 4.78 is 5.61. The minimum Gasteiger partial charge on any atom is -0.443 e. The molecule has 1 fully saturated rings. The number of ether oxygens (including phenoxy) is 1. The van der Waals surface area contributed by atoms with Crippen molar-refractivity contribution in [2.75, 3.05) is 25.0 Å². The van der Waals surface area contributed by atoms with Crippen molar-refractivity contribution in [3.63, 3.8) is 0 Å². The van der Waals surface area contributed by atoms with Crippen LogP contribution in [0, 0.1) is 0 Å². The van der Waals surface area contributed by atoms with Crippen LogP contribution in [0.5, 0.6) is 0 Å². The van der Waals surface area contributed by atoms with E-state index in [1.807, 2.05) is 26.8 Å². The average Bonchev–Trinajstić information content (AvgIpc) is 2.51. The van der Waals surface area contributed by atoms with Crippen LogP contribution >= 0.6 is 0 Å². The van der Waals surface area contributed by atoms with Crippen molar-refractivity contribution in [3.05, 3.63) is 23.9 Å². The van der Waals surface area contributed by atoms with Crippen molar-refractivity contribution in [3.8, 4) is 0 Å². The second kappa shape index (κ2) is 7.97. The van der Waals surface area contributed by atoms with E-state index in [-0.39, 0.29) is 6.09 Å². The Bertz CT molecular complexity index is 554. The lowest BCUT2D eigenvalue weighted by atomic mass is 9.96. The second-order valence-electron chi connectivity index (χ2n) is 7.54. The van der Waals surface area contributed by atoms with E-state index >= 15 is 0 Å². The summed E-state index contributed by atoms with van der Waals surface area (Å²) in [7, 11) is 2.15. The van der Waals surface area contributed by atoms with Gasteiger partial charge in [-0.3, -0.25) is 9.80 Å². The van der Waals surface area contributed by atoms with E-state index < -0.39 is 5.60 Å². The van der Waals surface area contributed by atoms with Gasteiger partial charge in [0.15, 0.2) is 0 Å². The molecule has 0 bridgehead atoms. The third-order valence-corrected chi connectivity index (χ3v) is 4.26. The van der Waals surface area contributed by atoms with Gasteiger partial charge in [0.25, 0.3) is 0 Å². The van der Waals surface area contributed by atoms with Gasteiger partial charge in [0, 0.05) is 24.3 Å². The van der Waals surface area contributed by atoms with Gasteiger partial charge in [-0.25, -0.2) is 9.78 Å². The fourth-order valence-electron chi connectivity index (χ4n) is 3.19. The first kappa shape index (κ1) is 18.7. The molecule has 0 radical (unpaired) electrons. The predicted octanol–water partition coefficient (Wildman–Crippen LogP) is 4.39. The number of likely N-dealkylation sites (tertiary alicyclic amines) is 1. The molecule has 1 aromatic rings. The highest BCUT2D eigenvalue weighted by molar-refractivity contribution is 5.87. The van der Waals surface area contributed by atoms with Crippen molar-refractivity contribution in [1.29, 1.82) is 0 Å². The first-order chi connectivity index (χ1) is 11.3. The number of anilines is 1. The van der Waals surface area contributed by atoms with Gasteiger partial charge in [0.05, 0.1) is 0 Å². The van der Waals surface area contributed by atoms with Crippen LogP contribution in [0.4, 0.5) is 10.6 Å². The summed E-state index contributed by atoms with van der Waals surface area (Å²) in [6, 6.07) is 4.37. The van der Waals surface area contributed by atoms with Crippen molar-refractivity contribution in [2.45, 2.75) is 65.0 Å². The van der Waals surface area contributed by atoms with Crippen molar-refractivity contribution in [2.24, 2.45) is 0 Å². The zero-order chi connectivity index (χ0) is 17.7. The van der Waals surface area contributed by atoms with Crippen LogP contribution in [-0.2, 0) is 4.74 Å². The maximum Gasteiger partial charge on any atom is 0.416 e. The molecule has 0 saturated carbocycles. The van der Waals surface area contributed by atoms with Crippen LogP contribution < -0.4 is 4.90 Å². The number of carbonyl (C=O) groups is 1. The molecule has 2 heterocycles. The van der Waals surface area contributed by atoms with Crippen molar-refractivity contribution in [1.82, 2.24) is 9.88 Å². The van der Waals surface area contributed by atoms with E-state index in [1.165, 1.54) is 12.8 Å². The third-order valence-electron chi connectivity index (χ3n) is 4.26. The van der Waals surface area contributed by atoms with Crippen LogP contribution in [0.15, 0.2) is 18.3 Å². The van der Waals surface area contributed by atoms with E-state index in [1.54, 1.807) is 11.1 Å². The number of nitrogens with zero attached hydrogens (tertiary/aromatic N) is 3. The number of piperidine rings is 1. The second-order valence-corrected chi connectivity index (χ2v) is 7.54. The summed E-state index contributed by atoms with van der Waals surface area (Å²) in [4.78, 5) is 21.3. The Morgan fingerprint density at radius 1 is 1.42 bits per heavy atom. The van der Waals surface area contributed by atoms with Crippen LogP contribution in [0.25, 0.3) is 0 Å². The third kappa shape index (κ3) is 4.69. The van der Waals surface area contributed by atoms with Crippen LogP contribution in [0.3, 0.4) is 0 Å². The van der Waals surface area contributed by atoms with E-state index in [4.69, 9.17) is 4.74 Å². The molecule has 134 valence electrons. The molecule has 1 amide bonds. The molecule has 0 spiro atoms. The molecular weight excluding hydrogens is 302 g/mol. The van der Waals surface area contributed by atoms with Gasteiger partial charge >= 0.3 is 6.09 Å². The summed E-state index contributed by atoms with van der Waals surface area (Å²) in [5, 5.41) is 0. The molecule has 2 rings (SSSR count). The number of rotatable bonds is 4. The van der Waals surface area contributed by atoms with Crippen molar-refractivity contribution >= 4 is 11.9 Å². The summed E-state index contributed by atoms with van der Waals surface area (Å²) in [6.07, 6.45) is 5.84. The van der Waals surface area contributed by atoms with Crippen LogP contribution in [0.1, 0.15) is 65.0 Å². The summed E-state index contributed by atoms with van der Waals surface area (Å²) in [5.41, 5.74) is 0.610. The maximum absolute atomic E-state index is 12.7. The van der Waals surface area contributed by atoms with Crippen LogP contribution in [-0.4, -0.2) is 41.7 Å². The molecule has 5 heteroatoms. The SMILES string of the molecule is CCCN(C(=O)OC(C)(C)C)c1ncccc1C1CCCCN1C. The molecule has 24 heavy (non-hydrogen) atoms. The molecule has 0 N–H and O–H groups in total. The molecule has 1 atom stereocenters. The normalized spacial score (nSPS) is 19.1. The van der Waals surface area contributed by atoms with E-state index in [0.717, 1.165) is 30.8 Å². The van der Waals surface area contributed by atoms with Gasteiger partial charge in [0.1, 0.15) is 11.4 Å². The highest BCUT2D eigenvalue weighted by atomic mass is 16.6. The highest BCUT2D eigenvalue weighted by Crippen LogP contribution is 2.34. The Labute approximate surface area is 146 Å². The molecular formula is C19H31N3O2. The Morgan fingerprint density at radius 3 is 2.79 bits per heavy atom. The zero-order valence-electron chi connectivity index (χ0n) is 15.7. The molecule has 1 aliphatic heterocycles. The Morgan fingerprint density at radius 2 is 2.17 bits per heavy atom. The van der Waals surface area contributed by atoms with Gasteiger partial charge in [-0.1, -0.05) is 19.4 Å². The van der Waals surface area contributed by atoms with E-state index in [0.29, 0.717) is 12.6 Å². The lowest BCUT2D eigenvalue weighted by molar-refractivity contribution is 0.0578. The summed E-state index contributed by atoms with van der Waals surface area (Å²) in [6.45, 7) is 9.43. The van der Waals surface area contributed by atoms with Gasteiger partial charge in [0.2, 0.25) is 0 Å². The van der Waals surface area contributed by atoms with Gasteiger partial charge in [-0.05, 0) is 59.7 Å². The highest BCUT2D eigenvalue weighted by Gasteiger charge is 2.29. The molecule has 5 nitrogen and oxygen atoms in total. The maximum atomic E-state index is 12.7. The van der Waals surface area contributed by atoms with Gasteiger partial charge < -0.3 is 4.74 Å². The number of aromatic nitrogens is 1.